The Kier molecular flexibility index (Phi) is 5.74. The third kappa shape index (κ3) is 4.39. The molecule has 0 spiro atoms. The van der Waals surface area contributed by atoms with Gasteiger partial charge >= 0.3 is 0 Å². The quantitative estimate of drug-likeness (QED) is 0.511. The van der Waals surface area contributed by atoms with Crippen LogP contribution < -0.4 is 5.32 Å². The van der Waals surface area contributed by atoms with Crippen LogP contribution in [0.3, 0.4) is 0 Å². The van der Waals surface area contributed by atoms with Crippen molar-refractivity contribution in [2.45, 2.75) is 17.2 Å². The number of benzene rings is 2. The summed E-state index contributed by atoms with van der Waals surface area (Å²) in [6.45, 7) is 1.80. The number of aromatic nitrogens is 1. The summed E-state index contributed by atoms with van der Waals surface area (Å²) in [6, 6.07) is 14.8. The number of nitrogens with zero attached hydrogens (tertiary/aromatic N) is 1. The number of fused-ring (bicyclic) bond motifs is 1. The molecule has 1 amide bonds. The molecule has 0 saturated carbocycles. The van der Waals surface area contributed by atoms with Gasteiger partial charge in [-0.25, -0.2) is 4.98 Å². The maximum absolute atomic E-state index is 12.5. The summed E-state index contributed by atoms with van der Waals surface area (Å²) in [6.07, 6.45) is 0. The second-order valence-electron chi connectivity index (χ2n) is 5.34. The van der Waals surface area contributed by atoms with Crippen LogP contribution >= 0.6 is 46.6 Å². The molecule has 0 radical (unpaired) electrons. The lowest BCUT2D eigenvalue weighted by Crippen LogP contribution is -2.22. The highest BCUT2D eigenvalue weighted by Crippen LogP contribution is 2.34. The van der Waals surface area contributed by atoms with Gasteiger partial charge in [-0.2, -0.15) is 0 Å². The number of carbonyl (C=O) groups is 1. The molecule has 0 aliphatic rings. The standard InChI is InChI=1S/C18H13Cl3N2OS/c1-10(18(24)23-17-13(20)8-12(19)9-14(17)21)25-16-7-6-11-4-2-3-5-15(11)22-16/h2-10H,1H3,(H,23,24)/t10-/m0/s1. The molecule has 0 aliphatic heterocycles. The third-order valence-electron chi connectivity index (χ3n) is 3.49. The average Bonchev–Trinajstić information content (AvgIpc) is 2.57. The SMILES string of the molecule is C[C@H](Sc1ccc2ccccc2n1)C(=O)Nc1c(Cl)cc(Cl)cc1Cl. The van der Waals surface area contributed by atoms with Crippen molar-refractivity contribution in [1.82, 2.24) is 4.98 Å². The Morgan fingerprint density at radius 2 is 1.76 bits per heavy atom. The lowest BCUT2D eigenvalue weighted by molar-refractivity contribution is -0.115. The van der Waals surface area contributed by atoms with E-state index in [0.717, 1.165) is 15.9 Å². The van der Waals surface area contributed by atoms with E-state index >= 15 is 0 Å². The van der Waals surface area contributed by atoms with Crippen molar-refractivity contribution in [3.05, 3.63) is 63.6 Å². The molecule has 0 fully saturated rings. The number of nitrogens with one attached hydrogen (secondary N) is 1. The molecule has 1 heterocycles. The number of thioether (sulfide) groups is 1. The van der Waals surface area contributed by atoms with Crippen LogP contribution in [0.15, 0.2) is 53.6 Å². The van der Waals surface area contributed by atoms with Gasteiger partial charge in [0.25, 0.3) is 0 Å². The number of para-hydroxylation sites is 1. The normalized spacial score (nSPS) is 12.2. The minimum Gasteiger partial charge on any atom is -0.323 e. The van der Waals surface area contributed by atoms with Crippen molar-refractivity contribution in [3.63, 3.8) is 0 Å². The number of halogens is 3. The summed E-state index contributed by atoms with van der Waals surface area (Å²) >= 11 is 19.5. The van der Waals surface area contributed by atoms with Gasteiger partial charge in [0, 0.05) is 10.4 Å². The van der Waals surface area contributed by atoms with Crippen LogP contribution in [0.2, 0.25) is 15.1 Å². The van der Waals surface area contributed by atoms with E-state index in [1.807, 2.05) is 36.4 Å². The second-order valence-corrected chi connectivity index (χ2v) is 7.95. The van der Waals surface area contributed by atoms with Crippen molar-refractivity contribution in [2.75, 3.05) is 5.32 Å². The highest BCUT2D eigenvalue weighted by Gasteiger charge is 2.18. The van der Waals surface area contributed by atoms with E-state index in [9.17, 15) is 4.79 Å². The zero-order valence-electron chi connectivity index (χ0n) is 13.1. The van der Waals surface area contributed by atoms with Gasteiger partial charge in [-0.3, -0.25) is 4.79 Å². The number of hydrogen-bond donors (Lipinski definition) is 1. The maximum atomic E-state index is 12.5. The highest BCUT2D eigenvalue weighted by molar-refractivity contribution is 8.00. The first kappa shape index (κ1) is 18.3. The Morgan fingerprint density at radius 3 is 2.48 bits per heavy atom. The molecule has 3 nitrogen and oxygen atoms in total. The molecular formula is C18H13Cl3N2OS. The number of anilines is 1. The number of rotatable bonds is 4. The van der Waals surface area contributed by atoms with E-state index in [0.29, 0.717) is 20.8 Å². The topological polar surface area (TPSA) is 42.0 Å². The van der Waals surface area contributed by atoms with Gasteiger partial charge < -0.3 is 5.32 Å². The lowest BCUT2D eigenvalue weighted by Gasteiger charge is -2.14. The monoisotopic (exact) mass is 410 g/mol. The summed E-state index contributed by atoms with van der Waals surface area (Å²) in [7, 11) is 0. The molecule has 3 aromatic rings. The predicted octanol–water partition coefficient (Wildman–Crippen LogP) is 6.31. The van der Waals surface area contributed by atoms with Crippen LogP contribution in [0.25, 0.3) is 10.9 Å². The van der Waals surface area contributed by atoms with Gasteiger partial charge in [0.15, 0.2) is 0 Å². The molecule has 128 valence electrons. The Bertz CT molecular complexity index is 926. The molecular weight excluding hydrogens is 399 g/mol. The van der Waals surface area contributed by atoms with E-state index in [4.69, 9.17) is 34.8 Å². The van der Waals surface area contributed by atoms with Gasteiger partial charge in [-0.05, 0) is 31.2 Å². The van der Waals surface area contributed by atoms with Crippen molar-refractivity contribution in [2.24, 2.45) is 0 Å². The largest absolute Gasteiger partial charge is 0.323 e. The Morgan fingerprint density at radius 1 is 1.08 bits per heavy atom. The van der Waals surface area contributed by atoms with E-state index in [1.54, 1.807) is 6.92 Å². The van der Waals surface area contributed by atoms with Crippen LogP contribution in [0.5, 0.6) is 0 Å². The van der Waals surface area contributed by atoms with E-state index in [2.05, 4.69) is 10.3 Å². The molecule has 0 bridgehead atoms. The van der Waals surface area contributed by atoms with E-state index < -0.39 is 0 Å². The third-order valence-corrected chi connectivity index (χ3v) is 5.35. The summed E-state index contributed by atoms with van der Waals surface area (Å²) < 4.78 is 0. The summed E-state index contributed by atoms with van der Waals surface area (Å²) in [5.74, 6) is -0.217. The smallest absolute Gasteiger partial charge is 0.237 e. The fraction of sp³-hybridized carbons (Fsp3) is 0.111. The van der Waals surface area contributed by atoms with Crippen molar-refractivity contribution in [3.8, 4) is 0 Å². The van der Waals surface area contributed by atoms with Crippen molar-refractivity contribution in [1.29, 1.82) is 0 Å². The fourth-order valence-corrected chi connectivity index (χ4v) is 3.97. The first-order valence-electron chi connectivity index (χ1n) is 7.42. The number of hydrogen-bond acceptors (Lipinski definition) is 3. The van der Waals surface area contributed by atoms with Crippen LogP contribution in [0, 0.1) is 0 Å². The Labute approximate surface area is 164 Å². The van der Waals surface area contributed by atoms with Crippen LogP contribution in [0.4, 0.5) is 5.69 Å². The highest BCUT2D eigenvalue weighted by atomic mass is 35.5. The molecule has 1 aromatic heterocycles. The molecule has 0 unspecified atom stereocenters. The Balaban J connectivity index is 1.74. The Hall–Kier alpha value is -1.46. The molecule has 0 saturated heterocycles. The van der Waals surface area contributed by atoms with Gasteiger partial charge in [0.05, 0.1) is 31.5 Å². The van der Waals surface area contributed by atoms with E-state index in [-0.39, 0.29) is 11.2 Å². The molecule has 0 aliphatic carbocycles. The van der Waals surface area contributed by atoms with Gasteiger partial charge in [0.2, 0.25) is 5.91 Å². The zero-order chi connectivity index (χ0) is 18.0. The minimum atomic E-state index is -0.378. The molecule has 1 N–H and O–H groups in total. The van der Waals surface area contributed by atoms with Gasteiger partial charge in [-0.1, -0.05) is 70.8 Å². The van der Waals surface area contributed by atoms with Gasteiger partial charge in [0.1, 0.15) is 0 Å². The fourth-order valence-electron chi connectivity index (χ4n) is 2.23. The summed E-state index contributed by atoms with van der Waals surface area (Å²) in [5.41, 5.74) is 1.25. The minimum absolute atomic E-state index is 0.217. The first-order chi connectivity index (χ1) is 11.9. The molecule has 3 rings (SSSR count). The number of carbonyl (C=O) groups excluding carboxylic acids is 1. The van der Waals surface area contributed by atoms with Crippen LogP contribution in [0.1, 0.15) is 6.92 Å². The lowest BCUT2D eigenvalue weighted by atomic mass is 10.2. The summed E-state index contributed by atoms with van der Waals surface area (Å²) in [4.78, 5) is 17.0. The van der Waals surface area contributed by atoms with Crippen molar-refractivity contribution >= 4 is 69.1 Å². The van der Waals surface area contributed by atoms with Crippen LogP contribution in [-0.2, 0) is 4.79 Å². The number of pyridine rings is 1. The second kappa shape index (κ2) is 7.83. The zero-order valence-corrected chi connectivity index (χ0v) is 16.2. The van der Waals surface area contributed by atoms with E-state index in [1.165, 1.54) is 23.9 Å². The molecule has 7 heteroatoms. The van der Waals surface area contributed by atoms with Crippen molar-refractivity contribution < 1.29 is 4.79 Å². The molecule has 2 aromatic carbocycles. The average molecular weight is 412 g/mol. The van der Waals surface area contributed by atoms with Gasteiger partial charge in [-0.15, -0.1) is 0 Å². The summed E-state index contributed by atoms with van der Waals surface area (Å²) in [5, 5.41) is 5.22. The molecule has 1 atom stereocenters. The van der Waals surface area contributed by atoms with Crippen LogP contribution in [-0.4, -0.2) is 16.1 Å². The first-order valence-corrected chi connectivity index (χ1v) is 9.43. The molecule has 25 heavy (non-hydrogen) atoms. The maximum Gasteiger partial charge on any atom is 0.237 e. The number of amides is 1. The predicted molar refractivity (Wildman–Crippen MR) is 107 cm³/mol.